The normalized spacial score (nSPS) is 16.7. The lowest BCUT2D eigenvalue weighted by molar-refractivity contribution is -0.140. The SMILES string of the molecule is COc1ccc(C=C2SC(=O)N(CC(=O)O)C2=O)cc1Br. The summed E-state index contributed by atoms with van der Waals surface area (Å²) in [6, 6.07) is 5.19. The molecule has 6 nitrogen and oxygen atoms in total. The number of benzene rings is 1. The lowest BCUT2D eigenvalue weighted by Gasteiger charge is -2.07. The van der Waals surface area contributed by atoms with Crippen LogP contribution in [0.25, 0.3) is 6.08 Å². The predicted molar refractivity (Wildman–Crippen MR) is 81.0 cm³/mol. The Morgan fingerprint density at radius 2 is 2.19 bits per heavy atom. The van der Waals surface area contributed by atoms with Gasteiger partial charge in [0.15, 0.2) is 0 Å². The molecule has 0 unspecified atom stereocenters. The summed E-state index contributed by atoms with van der Waals surface area (Å²) in [5.41, 5.74) is 0.698. The molecule has 0 atom stereocenters. The second kappa shape index (κ2) is 6.31. The van der Waals surface area contributed by atoms with Crippen LogP contribution in [0, 0.1) is 0 Å². The van der Waals surface area contributed by atoms with Crippen molar-refractivity contribution in [1.82, 2.24) is 4.90 Å². The number of hydrogen-bond acceptors (Lipinski definition) is 5. The van der Waals surface area contributed by atoms with Gasteiger partial charge in [0.25, 0.3) is 11.1 Å². The second-order valence-corrected chi connectivity index (χ2v) is 5.90. The first kappa shape index (κ1) is 15.6. The fraction of sp³-hybridized carbons (Fsp3) is 0.154. The van der Waals surface area contributed by atoms with E-state index in [2.05, 4.69) is 15.9 Å². The molecule has 0 aliphatic carbocycles. The Morgan fingerprint density at radius 1 is 1.48 bits per heavy atom. The molecule has 0 bridgehead atoms. The molecule has 1 saturated heterocycles. The standard InChI is InChI=1S/C13H10BrNO5S/c1-20-9-3-2-7(4-8(9)14)5-10-12(18)15(6-11(16)17)13(19)21-10/h2-5H,6H2,1H3,(H,16,17). The number of carbonyl (C=O) groups is 3. The van der Waals surface area contributed by atoms with E-state index in [1.54, 1.807) is 18.2 Å². The summed E-state index contributed by atoms with van der Waals surface area (Å²) in [6.45, 7) is -0.631. The van der Waals surface area contributed by atoms with Crippen LogP contribution in [0.5, 0.6) is 5.75 Å². The zero-order valence-electron chi connectivity index (χ0n) is 10.8. The number of nitrogens with zero attached hydrogens (tertiary/aromatic N) is 1. The Morgan fingerprint density at radius 3 is 2.76 bits per heavy atom. The van der Waals surface area contributed by atoms with E-state index in [-0.39, 0.29) is 4.91 Å². The van der Waals surface area contributed by atoms with Crippen molar-refractivity contribution in [2.45, 2.75) is 0 Å². The van der Waals surface area contributed by atoms with Gasteiger partial charge in [-0.3, -0.25) is 19.3 Å². The van der Waals surface area contributed by atoms with Gasteiger partial charge in [-0.25, -0.2) is 0 Å². The van der Waals surface area contributed by atoms with Crippen LogP contribution < -0.4 is 4.74 Å². The Bertz CT molecular complexity index is 658. The van der Waals surface area contributed by atoms with Crippen molar-refractivity contribution < 1.29 is 24.2 Å². The Hall–Kier alpha value is -1.80. The average molecular weight is 372 g/mol. The number of rotatable bonds is 4. The number of methoxy groups -OCH3 is 1. The van der Waals surface area contributed by atoms with Crippen LogP contribution in [0.4, 0.5) is 4.79 Å². The predicted octanol–water partition coefficient (Wildman–Crippen LogP) is 2.58. The number of aliphatic carboxylic acids is 1. The van der Waals surface area contributed by atoms with Crippen molar-refractivity contribution in [2.75, 3.05) is 13.7 Å². The summed E-state index contributed by atoms with van der Waals surface area (Å²) < 4.78 is 5.81. The minimum absolute atomic E-state index is 0.193. The quantitative estimate of drug-likeness (QED) is 0.818. The van der Waals surface area contributed by atoms with E-state index in [1.165, 1.54) is 13.2 Å². The van der Waals surface area contributed by atoms with Gasteiger partial charge in [-0.2, -0.15) is 0 Å². The number of amides is 2. The number of carboxylic acid groups (broad SMARTS) is 1. The molecule has 1 fully saturated rings. The van der Waals surface area contributed by atoms with Crippen molar-refractivity contribution >= 4 is 50.9 Å². The molecule has 8 heteroatoms. The molecule has 110 valence electrons. The van der Waals surface area contributed by atoms with E-state index in [0.29, 0.717) is 20.7 Å². The third kappa shape index (κ3) is 3.45. The van der Waals surface area contributed by atoms with Gasteiger partial charge in [-0.15, -0.1) is 0 Å². The number of hydrogen-bond donors (Lipinski definition) is 1. The fourth-order valence-electron chi connectivity index (χ4n) is 1.70. The minimum atomic E-state index is -1.23. The van der Waals surface area contributed by atoms with Gasteiger partial charge >= 0.3 is 5.97 Å². The summed E-state index contributed by atoms with van der Waals surface area (Å²) in [6.07, 6.45) is 1.54. The smallest absolute Gasteiger partial charge is 0.323 e. The highest BCUT2D eigenvalue weighted by Gasteiger charge is 2.36. The largest absolute Gasteiger partial charge is 0.496 e. The van der Waals surface area contributed by atoms with Crippen LogP contribution in [0.15, 0.2) is 27.6 Å². The monoisotopic (exact) mass is 371 g/mol. The van der Waals surface area contributed by atoms with E-state index in [1.807, 2.05) is 0 Å². The Labute approximate surface area is 132 Å². The fourth-order valence-corrected chi connectivity index (χ4v) is 3.09. The van der Waals surface area contributed by atoms with Gasteiger partial charge in [0.05, 0.1) is 16.5 Å². The van der Waals surface area contributed by atoms with E-state index in [0.717, 1.165) is 11.8 Å². The third-order valence-corrected chi connectivity index (χ3v) is 4.17. The summed E-state index contributed by atoms with van der Waals surface area (Å²) in [5.74, 6) is -1.18. The number of thioether (sulfide) groups is 1. The molecule has 0 spiro atoms. The molecule has 1 aromatic rings. The Balaban J connectivity index is 2.26. The number of halogens is 1. The van der Waals surface area contributed by atoms with Gasteiger partial charge in [0.2, 0.25) is 0 Å². The van der Waals surface area contributed by atoms with Crippen LogP contribution >= 0.6 is 27.7 Å². The Kier molecular flexibility index (Phi) is 4.69. The minimum Gasteiger partial charge on any atom is -0.496 e. The number of imide groups is 1. The first-order valence-corrected chi connectivity index (χ1v) is 7.34. The van der Waals surface area contributed by atoms with Gasteiger partial charge < -0.3 is 9.84 Å². The average Bonchev–Trinajstić information content (AvgIpc) is 2.66. The van der Waals surface area contributed by atoms with Crippen molar-refractivity contribution in [3.05, 3.63) is 33.1 Å². The van der Waals surface area contributed by atoms with E-state index in [4.69, 9.17) is 9.84 Å². The number of carboxylic acids is 1. The topological polar surface area (TPSA) is 83.9 Å². The highest BCUT2D eigenvalue weighted by atomic mass is 79.9. The van der Waals surface area contributed by atoms with E-state index >= 15 is 0 Å². The maximum absolute atomic E-state index is 12.0. The molecular weight excluding hydrogens is 362 g/mol. The van der Waals surface area contributed by atoms with Crippen molar-refractivity contribution in [3.63, 3.8) is 0 Å². The molecule has 21 heavy (non-hydrogen) atoms. The van der Waals surface area contributed by atoms with Crippen LogP contribution in [0.3, 0.4) is 0 Å². The molecule has 0 saturated carbocycles. The highest BCUT2D eigenvalue weighted by molar-refractivity contribution is 9.10. The van der Waals surface area contributed by atoms with Crippen LogP contribution in [-0.4, -0.2) is 40.8 Å². The second-order valence-electron chi connectivity index (χ2n) is 4.06. The van der Waals surface area contributed by atoms with Crippen molar-refractivity contribution in [3.8, 4) is 5.75 Å². The zero-order chi connectivity index (χ0) is 15.6. The summed E-state index contributed by atoms with van der Waals surface area (Å²) in [7, 11) is 1.54. The molecule has 2 amide bonds. The maximum atomic E-state index is 12.0. The van der Waals surface area contributed by atoms with Crippen molar-refractivity contribution in [1.29, 1.82) is 0 Å². The number of ether oxygens (including phenoxy) is 1. The highest BCUT2D eigenvalue weighted by Crippen LogP contribution is 2.33. The third-order valence-electron chi connectivity index (χ3n) is 2.64. The van der Waals surface area contributed by atoms with Crippen LogP contribution in [0.2, 0.25) is 0 Å². The van der Waals surface area contributed by atoms with Crippen LogP contribution in [-0.2, 0) is 9.59 Å². The van der Waals surface area contributed by atoms with Gasteiger partial charge in [0, 0.05) is 0 Å². The summed E-state index contributed by atoms with van der Waals surface area (Å²) in [5, 5.41) is 8.10. The lowest BCUT2D eigenvalue weighted by Crippen LogP contribution is -2.33. The zero-order valence-corrected chi connectivity index (χ0v) is 13.2. The molecule has 0 radical (unpaired) electrons. The lowest BCUT2D eigenvalue weighted by atomic mass is 10.2. The van der Waals surface area contributed by atoms with E-state index in [9.17, 15) is 14.4 Å². The molecule has 1 N–H and O–H groups in total. The van der Waals surface area contributed by atoms with Crippen LogP contribution in [0.1, 0.15) is 5.56 Å². The summed E-state index contributed by atoms with van der Waals surface area (Å²) >= 11 is 4.05. The number of carbonyl (C=O) groups excluding carboxylic acids is 2. The first-order chi connectivity index (χ1) is 9.92. The van der Waals surface area contributed by atoms with Gasteiger partial charge in [-0.1, -0.05) is 6.07 Å². The van der Waals surface area contributed by atoms with Gasteiger partial charge in [-0.05, 0) is 51.5 Å². The molecular formula is C13H10BrNO5S. The summed E-state index contributed by atoms with van der Waals surface area (Å²) in [4.78, 5) is 35.1. The first-order valence-electron chi connectivity index (χ1n) is 5.73. The van der Waals surface area contributed by atoms with Gasteiger partial charge in [0.1, 0.15) is 12.3 Å². The van der Waals surface area contributed by atoms with E-state index < -0.39 is 23.7 Å². The molecule has 1 heterocycles. The molecule has 0 aromatic heterocycles. The molecule has 1 aliphatic heterocycles. The van der Waals surface area contributed by atoms with Crippen molar-refractivity contribution in [2.24, 2.45) is 0 Å². The molecule has 1 aromatic carbocycles. The molecule has 1 aliphatic rings. The molecule has 2 rings (SSSR count). The maximum Gasteiger partial charge on any atom is 0.323 e.